The first-order valence-corrected chi connectivity index (χ1v) is 9.64. The second-order valence-electron chi connectivity index (χ2n) is 6.49. The van der Waals surface area contributed by atoms with Crippen molar-refractivity contribution in [2.24, 2.45) is 5.92 Å². The van der Waals surface area contributed by atoms with Crippen LogP contribution >= 0.6 is 0 Å². The van der Waals surface area contributed by atoms with E-state index >= 15 is 0 Å². The maximum Gasteiger partial charge on any atom is 0.243 e. The van der Waals surface area contributed by atoms with Gasteiger partial charge >= 0.3 is 0 Å². The van der Waals surface area contributed by atoms with Crippen LogP contribution in [0.2, 0.25) is 0 Å². The van der Waals surface area contributed by atoms with Crippen molar-refractivity contribution in [2.45, 2.75) is 31.2 Å². The third kappa shape index (κ3) is 3.06. The van der Waals surface area contributed by atoms with E-state index in [0.717, 1.165) is 23.3 Å². The summed E-state index contributed by atoms with van der Waals surface area (Å²) >= 11 is 0. The van der Waals surface area contributed by atoms with Crippen molar-refractivity contribution in [3.05, 3.63) is 59.7 Å². The summed E-state index contributed by atoms with van der Waals surface area (Å²) in [4.78, 5) is 0.329. The van der Waals surface area contributed by atoms with E-state index in [0.29, 0.717) is 11.5 Å². The molecule has 1 unspecified atom stereocenters. The zero-order valence-electron chi connectivity index (χ0n) is 14.3. The fraction of sp³-hybridized carbons (Fsp3) is 0.368. The van der Waals surface area contributed by atoms with Gasteiger partial charge in [0.2, 0.25) is 10.0 Å². The van der Waals surface area contributed by atoms with Crippen LogP contribution < -0.4 is 4.74 Å². The minimum absolute atomic E-state index is 0.157. The van der Waals surface area contributed by atoms with Crippen LogP contribution in [0.1, 0.15) is 31.0 Å². The molecule has 0 radical (unpaired) electrons. The van der Waals surface area contributed by atoms with Gasteiger partial charge in [0, 0.05) is 13.5 Å². The topological polar surface area (TPSA) is 46.6 Å². The normalized spacial score (nSPS) is 15.4. The van der Waals surface area contributed by atoms with Crippen LogP contribution in [0.4, 0.5) is 0 Å². The Labute approximate surface area is 144 Å². The molecule has 0 N–H and O–H groups in total. The molecule has 0 aromatic heterocycles. The van der Waals surface area contributed by atoms with Gasteiger partial charge in [-0.1, -0.05) is 44.2 Å². The number of ether oxygens (including phenoxy) is 1. The molecule has 1 aliphatic heterocycles. The Balaban J connectivity index is 1.98. The van der Waals surface area contributed by atoms with E-state index in [1.165, 1.54) is 4.31 Å². The number of fused-ring (bicyclic) bond motifs is 1. The number of sulfonamides is 1. The third-order valence-corrected chi connectivity index (χ3v) is 6.34. The molecule has 0 fully saturated rings. The molecule has 0 saturated heterocycles. The van der Waals surface area contributed by atoms with Gasteiger partial charge < -0.3 is 4.74 Å². The highest BCUT2D eigenvalue weighted by Crippen LogP contribution is 2.34. The van der Waals surface area contributed by atoms with Gasteiger partial charge in [-0.2, -0.15) is 4.31 Å². The lowest BCUT2D eigenvalue weighted by Crippen LogP contribution is -2.34. The predicted molar refractivity (Wildman–Crippen MR) is 94.6 cm³/mol. The number of benzene rings is 2. The summed E-state index contributed by atoms with van der Waals surface area (Å²) in [5.74, 6) is 0.949. The van der Waals surface area contributed by atoms with Gasteiger partial charge in [-0.3, -0.25) is 0 Å². The van der Waals surface area contributed by atoms with Crippen molar-refractivity contribution in [3.8, 4) is 5.75 Å². The summed E-state index contributed by atoms with van der Waals surface area (Å²) in [5.41, 5.74) is 1.97. The first-order chi connectivity index (χ1) is 11.4. The first kappa shape index (κ1) is 17.0. The quantitative estimate of drug-likeness (QED) is 0.831. The van der Waals surface area contributed by atoms with Crippen LogP contribution in [0.3, 0.4) is 0 Å². The Morgan fingerprint density at radius 1 is 1.08 bits per heavy atom. The molecule has 2 aromatic rings. The van der Waals surface area contributed by atoms with E-state index in [1.807, 2.05) is 44.2 Å². The van der Waals surface area contributed by atoms with Gasteiger partial charge in [0.05, 0.1) is 17.5 Å². The summed E-state index contributed by atoms with van der Waals surface area (Å²) in [7, 11) is -1.91. The molecule has 3 rings (SSSR count). The second-order valence-corrected chi connectivity index (χ2v) is 8.49. The Morgan fingerprint density at radius 2 is 1.79 bits per heavy atom. The van der Waals surface area contributed by atoms with Crippen LogP contribution in [-0.4, -0.2) is 26.4 Å². The minimum Gasteiger partial charge on any atom is -0.493 e. The van der Waals surface area contributed by atoms with E-state index in [2.05, 4.69) is 0 Å². The lowest BCUT2D eigenvalue weighted by Gasteiger charge is -2.31. The van der Waals surface area contributed by atoms with E-state index in [9.17, 15) is 8.42 Å². The molecular formula is C19H23NO3S. The number of hydrogen-bond donors (Lipinski definition) is 0. The molecule has 2 aromatic carbocycles. The van der Waals surface area contributed by atoms with Crippen LogP contribution in [0.25, 0.3) is 0 Å². The molecule has 128 valence electrons. The fourth-order valence-corrected chi connectivity index (χ4v) is 4.83. The lowest BCUT2D eigenvalue weighted by atomic mass is 9.96. The zero-order valence-corrected chi connectivity index (χ0v) is 15.1. The van der Waals surface area contributed by atoms with Crippen LogP contribution in [0.15, 0.2) is 53.4 Å². The molecule has 4 nitrogen and oxygen atoms in total. The SMILES string of the molecule is CC(C)C(c1ccccc1)N(C)S(=O)(=O)c1ccc2c(c1)CCO2. The maximum absolute atomic E-state index is 13.1. The van der Waals surface area contributed by atoms with E-state index in [-0.39, 0.29) is 12.0 Å². The third-order valence-electron chi connectivity index (χ3n) is 4.50. The van der Waals surface area contributed by atoms with Crippen molar-refractivity contribution in [1.82, 2.24) is 4.31 Å². The Kier molecular flexibility index (Phi) is 4.65. The molecule has 0 saturated carbocycles. The van der Waals surface area contributed by atoms with Crippen molar-refractivity contribution in [2.75, 3.05) is 13.7 Å². The van der Waals surface area contributed by atoms with Gasteiger partial charge in [-0.15, -0.1) is 0 Å². The van der Waals surface area contributed by atoms with Crippen molar-refractivity contribution in [3.63, 3.8) is 0 Å². The molecule has 0 aliphatic carbocycles. The predicted octanol–water partition coefficient (Wildman–Crippen LogP) is 3.64. The van der Waals surface area contributed by atoms with Gasteiger partial charge in [0.15, 0.2) is 0 Å². The van der Waals surface area contributed by atoms with E-state index in [4.69, 9.17) is 4.74 Å². The van der Waals surface area contributed by atoms with Crippen molar-refractivity contribution < 1.29 is 13.2 Å². The van der Waals surface area contributed by atoms with E-state index in [1.54, 1.807) is 25.2 Å². The number of nitrogens with zero attached hydrogens (tertiary/aromatic N) is 1. The standard InChI is InChI=1S/C19H23NO3S/c1-14(2)19(15-7-5-4-6-8-15)20(3)24(21,22)17-9-10-18-16(13-17)11-12-23-18/h4-10,13-14,19H,11-12H2,1-3H3. The summed E-state index contributed by atoms with van der Waals surface area (Å²) in [6.45, 7) is 4.70. The Bertz CT molecular complexity index is 816. The minimum atomic E-state index is -3.58. The largest absolute Gasteiger partial charge is 0.493 e. The molecule has 1 aliphatic rings. The zero-order chi connectivity index (χ0) is 17.3. The van der Waals surface area contributed by atoms with Crippen molar-refractivity contribution in [1.29, 1.82) is 0 Å². The van der Waals surface area contributed by atoms with E-state index < -0.39 is 10.0 Å². The van der Waals surface area contributed by atoms with Gasteiger partial charge in [-0.05, 0) is 35.2 Å². The average molecular weight is 345 g/mol. The molecule has 1 heterocycles. The summed E-state index contributed by atoms with van der Waals surface area (Å²) in [6, 6.07) is 14.7. The highest BCUT2D eigenvalue weighted by molar-refractivity contribution is 7.89. The first-order valence-electron chi connectivity index (χ1n) is 8.20. The molecule has 1 atom stereocenters. The smallest absolute Gasteiger partial charge is 0.243 e. The van der Waals surface area contributed by atoms with Gasteiger partial charge in [-0.25, -0.2) is 8.42 Å². The summed E-state index contributed by atoms with van der Waals surface area (Å²) in [5, 5.41) is 0. The van der Waals surface area contributed by atoms with Crippen LogP contribution in [-0.2, 0) is 16.4 Å². The molecular weight excluding hydrogens is 322 g/mol. The Hall–Kier alpha value is -1.85. The number of hydrogen-bond acceptors (Lipinski definition) is 3. The number of rotatable bonds is 5. The molecule has 0 spiro atoms. The molecule has 0 bridgehead atoms. The highest BCUT2D eigenvalue weighted by atomic mass is 32.2. The molecule has 24 heavy (non-hydrogen) atoms. The summed E-state index contributed by atoms with van der Waals surface area (Å²) < 4.78 is 33.2. The van der Waals surface area contributed by atoms with Crippen LogP contribution in [0, 0.1) is 5.92 Å². The van der Waals surface area contributed by atoms with Crippen molar-refractivity contribution >= 4 is 10.0 Å². The average Bonchev–Trinajstić information content (AvgIpc) is 3.03. The Morgan fingerprint density at radius 3 is 2.46 bits per heavy atom. The summed E-state index contributed by atoms with van der Waals surface area (Å²) in [6.07, 6.45) is 0.759. The monoisotopic (exact) mass is 345 g/mol. The van der Waals surface area contributed by atoms with Gasteiger partial charge in [0.1, 0.15) is 5.75 Å². The maximum atomic E-state index is 13.1. The second kappa shape index (κ2) is 6.57. The van der Waals surface area contributed by atoms with Gasteiger partial charge in [0.25, 0.3) is 0 Å². The highest BCUT2D eigenvalue weighted by Gasteiger charge is 2.31. The molecule has 5 heteroatoms. The van der Waals surface area contributed by atoms with Crippen LogP contribution in [0.5, 0.6) is 5.75 Å². The fourth-order valence-electron chi connectivity index (χ4n) is 3.30. The molecule has 0 amide bonds. The lowest BCUT2D eigenvalue weighted by molar-refractivity contribution is 0.300.